The van der Waals surface area contributed by atoms with Crippen LogP contribution in [0.25, 0.3) is 0 Å². The largest absolute Gasteiger partial charge is 0.491 e. The summed E-state index contributed by atoms with van der Waals surface area (Å²) < 4.78 is 11.3. The van der Waals surface area contributed by atoms with Gasteiger partial charge in [0.25, 0.3) is 0 Å². The molecule has 0 spiro atoms. The first-order chi connectivity index (χ1) is 10.1. The third-order valence-electron chi connectivity index (χ3n) is 3.15. The third kappa shape index (κ3) is 6.22. The topological polar surface area (TPSA) is 59.6 Å². The standard InChI is InChI=1S/C16H24N2O3.ClH/c1-12(2)11-21-15-6-4-3-5-14(15)18-16(19)9-13-10-17-7-8-20-13;/h3-6,12-13,17H,7-11H2,1-2H3,(H,18,19);1H. The van der Waals surface area contributed by atoms with Gasteiger partial charge in [-0.1, -0.05) is 26.0 Å². The van der Waals surface area contributed by atoms with Crippen LogP contribution in [0.15, 0.2) is 24.3 Å². The van der Waals surface area contributed by atoms with Crippen molar-refractivity contribution in [1.29, 1.82) is 0 Å². The minimum Gasteiger partial charge on any atom is -0.491 e. The molecule has 5 nitrogen and oxygen atoms in total. The number of ether oxygens (including phenoxy) is 2. The summed E-state index contributed by atoms with van der Waals surface area (Å²) in [7, 11) is 0. The molecule has 0 bridgehead atoms. The first kappa shape index (κ1) is 18.7. The molecule has 1 amide bonds. The summed E-state index contributed by atoms with van der Waals surface area (Å²) in [6.45, 7) is 7.04. The molecule has 1 saturated heterocycles. The molecule has 1 aliphatic rings. The van der Waals surface area contributed by atoms with E-state index in [2.05, 4.69) is 24.5 Å². The van der Waals surface area contributed by atoms with Crippen molar-refractivity contribution in [3.63, 3.8) is 0 Å². The van der Waals surface area contributed by atoms with Crippen LogP contribution in [0.1, 0.15) is 20.3 Å². The van der Waals surface area contributed by atoms with Crippen molar-refractivity contribution < 1.29 is 14.3 Å². The summed E-state index contributed by atoms with van der Waals surface area (Å²) >= 11 is 0. The molecule has 1 fully saturated rings. The monoisotopic (exact) mass is 328 g/mol. The van der Waals surface area contributed by atoms with Crippen molar-refractivity contribution in [1.82, 2.24) is 5.32 Å². The number of halogens is 1. The van der Waals surface area contributed by atoms with E-state index in [0.717, 1.165) is 13.1 Å². The number of benzene rings is 1. The Bertz CT molecular complexity index is 462. The van der Waals surface area contributed by atoms with Crippen molar-refractivity contribution in [3.8, 4) is 5.75 Å². The number of hydrogen-bond donors (Lipinski definition) is 2. The first-order valence-corrected chi connectivity index (χ1v) is 7.49. The Hall–Kier alpha value is -1.30. The number of anilines is 1. The molecule has 1 aromatic carbocycles. The summed E-state index contributed by atoms with van der Waals surface area (Å²) in [5, 5.41) is 6.13. The Morgan fingerprint density at radius 1 is 1.45 bits per heavy atom. The van der Waals surface area contributed by atoms with Crippen LogP contribution >= 0.6 is 12.4 Å². The summed E-state index contributed by atoms with van der Waals surface area (Å²) in [6, 6.07) is 7.51. The fourth-order valence-corrected chi connectivity index (χ4v) is 2.11. The maximum atomic E-state index is 12.1. The van der Waals surface area contributed by atoms with E-state index in [1.807, 2.05) is 24.3 Å². The van der Waals surface area contributed by atoms with Gasteiger partial charge < -0.3 is 20.1 Å². The van der Waals surface area contributed by atoms with Crippen LogP contribution in [0.2, 0.25) is 0 Å². The summed E-state index contributed by atoms with van der Waals surface area (Å²) in [6.07, 6.45) is 0.299. The quantitative estimate of drug-likeness (QED) is 0.842. The highest BCUT2D eigenvalue weighted by Crippen LogP contribution is 2.24. The number of carbonyl (C=O) groups excluding carboxylic acids is 1. The molecule has 1 heterocycles. The predicted octanol–water partition coefficient (Wildman–Crippen LogP) is 2.46. The Balaban J connectivity index is 0.00000242. The number of morpholine rings is 1. The zero-order chi connectivity index (χ0) is 15.1. The minimum absolute atomic E-state index is 0. The SMILES string of the molecule is CC(C)COc1ccccc1NC(=O)CC1CNCCO1.Cl. The number of rotatable bonds is 6. The molecular formula is C16H25ClN2O3. The Morgan fingerprint density at radius 3 is 2.91 bits per heavy atom. The molecule has 1 aromatic rings. The van der Waals surface area contributed by atoms with Gasteiger partial charge in [-0.2, -0.15) is 0 Å². The van der Waals surface area contributed by atoms with Crippen LogP contribution in [0.5, 0.6) is 5.75 Å². The zero-order valence-corrected chi connectivity index (χ0v) is 13.9. The lowest BCUT2D eigenvalue weighted by molar-refractivity contribution is -0.119. The highest BCUT2D eigenvalue weighted by Gasteiger charge is 2.18. The smallest absolute Gasteiger partial charge is 0.227 e. The molecule has 0 aliphatic carbocycles. The van der Waals surface area contributed by atoms with E-state index in [0.29, 0.717) is 37.0 Å². The maximum Gasteiger partial charge on any atom is 0.227 e. The van der Waals surface area contributed by atoms with Gasteiger partial charge in [0.15, 0.2) is 0 Å². The lowest BCUT2D eigenvalue weighted by atomic mass is 10.2. The molecule has 0 aromatic heterocycles. The Kier molecular flexibility index (Phi) is 8.24. The lowest BCUT2D eigenvalue weighted by Gasteiger charge is -2.23. The maximum absolute atomic E-state index is 12.1. The van der Waals surface area contributed by atoms with E-state index < -0.39 is 0 Å². The molecule has 1 atom stereocenters. The molecule has 1 unspecified atom stereocenters. The fourth-order valence-electron chi connectivity index (χ4n) is 2.11. The van der Waals surface area contributed by atoms with Crippen molar-refractivity contribution in [2.75, 3.05) is 31.6 Å². The van der Waals surface area contributed by atoms with Crippen LogP contribution in [-0.2, 0) is 9.53 Å². The highest BCUT2D eigenvalue weighted by molar-refractivity contribution is 5.92. The van der Waals surface area contributed by atoms with Crippen molar-refractivity contribution in [2.24, 2.45) is 5.92 Å². The average molecular weight is 329 g/mol. The van der Waals surface area contributed by atoms with Gasteiger partial charge in [-0.05, 0) is 18.1 Å². The Morgan fingerprint density at radius 2 is 2.23 bits per heavy atom. The molecular weight excluding hydrogens is 304 g/mol. The molecule has 124 valence electrons. The van der Waals surface area contributed by atoms with Crippen LogP contribution in [0.4, 0.5) is 5.69 Å². The van der Waals surface area contributed by atoms with E-state index in [-0.39, 0.29) is 24.4 Å². The molecule has 2 N–H and O–H groups in total. The summed E-state index contributed by atoms with van der Waals surface area (Å²) in [5.41, 5.74) is 0.715. The van der Waals surface area contributed by atoms with E-state index in [1.54, 1.807) is 0 Å². The van der Waals surface area contributed by atoms with E-state index in [4.69, 9.17) is 9.47 Å². The van der Waals surface area contributed by atoms with Crippen molar-refractivity contribution in [2.45, 2.75) is 26.4 Å². The second kappa shape index (κ2) is 9.66. The molecule has 2 rings (SSSR count). The summed E-state index contributed by atoms with van der Waals surface area (Å²) in [4.78, 5) is 12.1. The van der Waals surface area contributed by atoms with Gasteiger partial charge in [-0.3, -0.25) is 4.79 Å². The first-order valence-electron chi connectivity index (χ1n) is 7.49. The number of amides is 1. The molecule has 1 aliphatic heterocycles. The number of nitrogens with one attached hydrogen (secondary N) is 2. The zero-order valence-electron chi connectivity index (χ0n) is 13.1. The van der Waals surface area contributed by atoms with E-state index in [9.17, 15) is 4.79 Å². The van der Waals surface area contributed by atoms with Gasteiger partial charge in [-0.15, -0.1) is 12.4 Å². The van der Waals surface area contributed by atoms with Crippen LogP contribution in [0.3, 0.4) is 0 Å². The van der Waals surface area contributed by atoms with Gasteiger partial charge in [0, 0.05) is 13.1 Å². The third-order valence-corrected chi connectivity index (χ3v) is 3.15. The summed E-state index contributed by atoms with van der Waals surface area (Å²) in [5.74, 6) is 1.10. The van der Waals surface area contributed by atoms with E-state index >= 15 is 0 Å². The average Bonchev–Trinajstić information content (AvgIpc) is 2.47. The number of hydrogen-bond acceptors (Lipinski definition) is 4. The highest BCUT2D eigenvalue weighted by atomic mass is 35.5. The normalized spacial score (nSPS) is 17.7. The fraction of sp³-hybridized carbons (Fsp3) is 0.562. The molecule has 22 heavy (non-hydrogen) atoms. The van der Waals surface area contributed by atoms with Gasteiger partial charge in [0.05, 0.1) is 31.4 Å². The van der Waals surface area contributed by atoms with Gasteiger partial charge in [0.2, 0.25) is 5.91 Å². The van der Waals surface area contributed by atoms with Crippen LogP contribution in [0, 0.1) is 5.92 Å². The van der Waals surface area contributed by atoms with Gasteiger partial charge >= 0.3 is 0 Å². The Labute approximate surface area is 138 Å². The number of carbonyl (C=O) groups is 1. The van der Waals surface area contributed by atoms with Crippen LogP contribution < -0.4 is 15.4 Å². The van der Waals surface area contributed by atoms with E-state index in [1.165, 1.54) is 0 Å². The lowest BCUT2D eigenvalue weighted by Crippen LogP contribution is -2.40. The number of para-hydroxylation sites is 2. The van der Waals surface area contributed by atoms with Crippen molar-refractivity contribution in [3.05, 3.63) is 24.3 Å². The van der Waals surface area contributed by atoms with Gasteiger partial charge in [-0.25, -0.2) is 0 Å². The van der Waals surface area contributed by atoms with Crippen LogP contribution in [-0.4, -0.2) is 38.3 Å². The molecule has 0 radical (unpaired) electrons. The second-order valence-electron chi connectivity index (χ2n) is 5.65. The molecule has 6 heteroatoms. The molecule has 0 saturated carbocycles. The predicted molar refractivity (Wildman–Crippen MR) is 89.9 cm³/mol. The minimum atomic E-state index is -0.0532. The van der Waals surface area contributed by atoms with Gasteiger partial charge in [0.1, 0.15) is 5.75 Å². The second-order valence-corrected chi connectivity index (χ2v) is 5.65. The van der Waals surface area contributed by atoms with Crippen molar-refractivity contribution >= 4 is 24.0 Å².